The van der Waals surface area contributed by atoms with Crippen LogP contribution in [-0.4, -0.2) is 22.9 Å². The van der Waals surface area contributed by atoms with Crippen LogP contribution >= 0.6 is 0 Å². The van der Waals surface area contributed by atoms with E-state index in [1.165, 1.54) is 0 Å². The van der Waals surface area contributed by atoms with E-state index >= 15 is 0 Å². The fourth-order valence-corrected chi connectivity index (χ4v) is 1.89. The maximum atomic E-state index is 12.0. The summed E-state index contributed by atoms with van der Waals surface area (Å²) in [5, 5.41) is 18.0. The zero-order chi connectivity index (χ0) is 13.7. The van der Waals surface area contributed by atoms with Crippen molar-refractivity contribution < 1.29 is 17.7 Å². The first-order valence-corrected chi connectivity index (χ1v) is 6.20. The topological polar surface area (TPSA) is 57.5 Å². The van der Waals surface area contributed by atoms with Gasteiger partial charge in [-0.05, 0) is 17.4 Å². The van der Waals surface area contributed by atoms with Crippen LogP contribution in [0, 0.1) is 0 Å². The van der Waals surface area contributed by atoms with E-state index in [0.717, 1.165) is 5.56 Å². The summed E-state index contributed by atoms with van der Waals surface area (Å²) in [4.78, 5) is 12.0. The van der Waals surface area contributed by atoms with Crippen molar-refractivity contribution in [2.45, 2.75) is 12.8 Å². The van der Waals surface area contributed by atoms with E-state index in [4.69, 9.17) is 10.0 Å². The van der Waals surface area contributed by atoms with Crippen molar-refractivity contribution in [1.29, 1.82) is 0 Å². The van der Waals surface area contributed by atoms with Crippen LogP contribution in [0.2, 0.25) is 0 Å². The standard InChI is InChI=1S/C15H15BO3.2H2/c17-15(11-6-12-4-2-1-3-5-12)13-7-9-14(10-8-13)16(18)19;;/h1-5,7-10,18-19H,6,11H2;2*1H. The van der Waals surface area contributed by atoms with Crippen LogP contribution in [0.1, 0.15) is 25.2 Å². The van der Waals surface area contributed by atoms with Crippen LogP contribution in [0.3, 0.4) is 0 Å². The van der Waals surface area contributed by atoms with Crippen LogP contribution in [0.25, 0.3) is 0 Å². The fourth-order valence-electron chi connectivity index (χ4n) is 1.89. The highest BCUT2D eigenvalue weighted by molar-refractivity contribution is 6.58. The van der Waals surface area contributed by atoms with Gasteiger partial charge in [-0.15, -0.1) is 0 Å². The van der Waals surface area contributed by atoms with E-state index in [1.54, 1.807) is 24.3 Å². The van der Waals surface area contributed by atoms with Gasteiger partial charge in [0.25, 0.3) is 0 Å². The molecule has 0 unspecified atom stereocenters. The van der Waals surface area contributed by atoms with Crippen molar-refractivity contribution >= 4 is 18.4 Å². The predicted molar refractivity (Wildman–Crippen MR) is 79.6 cm³/mol. The van der Waals surface area contributed by atoms with Gasteiger partial charge in [0, 0.05) is 14.8 Å². The molecule has 0 atom stereocenters. The van der Waals surface area contributed by atoms with E-state index in [9.17, 15) is 4.79 Å². The van der Waals surface area contributed by atoms with Gasteiger partial charge < -0.3 is 10.0 Å². The number of Topliss-reactive ketones (excluding diaryl/α,β-unsaturated/α-hetero) is 1. The molecule has 2 N–H and O–H groups in total. The number of hydrogen-bond acceptors (Lipinski definition) is 3. The summed E-state index contributed by atoms with van der Waals surface area (Å²) in [5.74, 6) is 0.0582. The number of benzene rings is 2. The Morgan fingerprint density at radius 3 is 2.21 bits per heavy atom. The van der Waals surface area contributed by atoms with Crippen molar-refractivity contribution in [2.75, 3.05) is 0 Å². The molecule has 100 valence electrons. The van der Waals surface area contributed by atoms with Gasteiger partial charge >= 0.3 is 7.12 Å². The minimum atomic E-state index is -1.49. The lowest BCUT2D eigenvalue weighted by molar-refractivity contribution is 0.0983. The first-order chi connectivity index (χ1) is 9.16. The lowest BCUT2D eigenvalue weighted by atomic mass is 9.80. The number of rotatable bonds is 5. The Kier molecular flexibility index (Phi) is 4.50. The summed E-state index contributed by atoms with van der Waals surface area (Å²) >= 11 is 0. The molecule has 0 amide bonds. The highest BCUT2D eigenvalue weighted by atomic mass is 16.4. The lowest BCUT2D eigenvalue weighted by Gasteiger charge is -2.03. The predicted octanol–water partition coefficient (Wildman–Crippen LogP) is 1.67. The molecule has 0 aliphatic rings. The van der Waals surface area contributed by atoms with Gasteiger partial charge in [-0.25, -0.2) is 0 Å². The molecule has 0 saturated carbocycles. The Balaban J connectivity index is 0.00000200. The average molecular weight is 258 g/mol. The maximum Gasteiger partial charge on any atom is 0.488 e. The molecule has 3 nitrogen and oxygen atoms in total. The Morgan fingerprint density at radius 2 is 1.63 bits per heavy atom. The zero-order valence-electron chi connectivity index (χ0n) is 10.5. The van der Waals surface area contributed by atoms with Gasteiger partial charge in [0.1, 0.15) is 0 Å². The lowest BCUT2D eigenvalue weighted by Crippen LogP contribution is -2.29. The normalized spacial score (nSPS) is 10.2. The highest BCUT2D eigenvalue weighted by Crippen LogP contribution is 2.07. The van der Waals surface area contributed by atoms with Crippen LogP contribution in [0.5, 0.6) is 0 Å². The molecule has 2 aromatic carbocycles. The van der Waals surface area contributed by atoms with Crippen LogP contribution < -0.4 is 5.46 Å². The second-order valence-corrected chi connectivity index (χ2v) is 4.40. The summed E-state index contributed by atoms with van der Waals surface area (Å²) in [7, 11) is -1.49. The van der Waals surface area contributed by atoms with E-state index in [1.807, 2.05) is 30.3 Å². The Labute approximate surface area is 115 Å². The molecule has 0 bridgehead atoms. The van der Waals surface area contributed by atoms with Crippen molar-refractivity contribution in [3.8, 4) is 0 Å². The number of aryl methyl sites for hydroxylation is 1. The summed E-state index contributed by atoms with van der Waals surface area (Å²) in [5.41, 5.74) is 2.12. The summed E-state index contributed by atoms with van der Waals surface area (Å²) < 4.78 is 0. The maximum absolute atomic E-state index is 12.0. The molecule has 0 aliphatic carbocycles. The SMILES string of the molecule is O=C(CCc1ccccc1)c1ccc(B(O)O)cc1.[HH].[HH]. The minimum absolute atomic E-state index is 0. The third-order valence-corrected chi connectivity index (χ3v) is 3.01. The van der Waals surface area contributed by atoms with E-state index < -0.39 is 7.12 Å². The number of hydrogen-bond donors (Lipinski definition) is 2. The first kappa shape index (κ1) is 13.5. The van der Waals surface area contributed by atoms with Crippen LogP contribution in [-0.2, 0) is 6.42 Å². The molecule has 2 rings (SSSR count). The largest absolute Gasteiger partial charge is 0.488 e. The molecule has 0 spiro atoms. The van der Waals surface area contributed by atoms with Gasteiger partial charge in [-0.3, -0.25) is 4.79 Å². The Hall–Kier alpha value is -1.91. The minimum Gasteiger partial charge on any atom is -0.423 e. The summed E-state index contributed by atoms with van der Waals surface area (Å²) in [6.45, 7) is 0. The number of ketones is 1. The molecule has 19 heavy (non-hydrogen) atoms. The van der Waals surface area contributed by atoms with Gasteiger partial charge in [0.2, 0.25) is 0 Å². The molecule has 2 aromatic rings. The second-order valence-electron chi connectivity index (χ2n) is 4.40. The molecule has 0 radical (unpaired) electrons. The van der Waals surface area contributed by atoms with Gasteiger partial charge in [0.05, 0.1) is 0 Å². The monoisotopic (exact) mass is 258 g/mol. The quantitative estimate of drug-likeness (QED) is 0.633. The molecule has 0 aromatic heterocycles. The van der Waals surface area contributed by atoms with Crippen molar-refractivity contribution in [3.63, 3.8) is 0 Å². The molecular weight excluding hydrogens is 239 g/mol. The summed E-state index contributed by atoms with van der Waals surface area (Å²) in [6, 6.07) is 16.2. The molecule has 0 fully saturated rings. The van der Waals surface area contributed by atoms with E-state index in [-0.39, 0.29) is 8.64 Å². The van der Waals surface area contributed by atoms with Gasteiger partial charge in [-0.1, -0.05) is 54.6 Å². The van der Waals surface area contributed by atoms with Crippen molar-refractivity contribution in [2.24, 2.45) is 0 Å². The summed E-state index contributed by atoms with van der Waals surface area (Å²) in [6.07, 6.45) is 1.16. The van der Waals surface area contributed by atoms with Crippen molar-refractivity contribution in [1.82, 2.24) is 0 Å². The molecule has 4 heteroatoms. The fraction of sp³-hybridized carbons (Fsp3) is 0.133. The highest BCUT2D eigenvalue weighted by Gasteiger charge is 2.12. The molecular formula is C15H19BO3. The van der Waals surface area contributed by atoms with Gasteiger partial charge in [-0.2, -0.15) is 0 Å². The number of carbonyl (C=O) groups excluding carboxylic acids is 1. The Bertz CT molecular complexity index is 545. The van der Waals surface area contributed by atoms with E-state index in [0.29, 0.717) is 23.9 Å². The average Bonchev–Trinajstić information content (AvgIpc) is 2.46. The van der Waals surface area contributed by atoms with Crippen molar-refractivity contribution in [3.05, 3.63) is 65.7 Å². The van der Waals surface area contributed by atoms with E-state index in [2.05, 4.69) is 0 Å². The molecule has 0 aliphatic heterocycles. The smallest absolute Gasteiger partial charge is 0.423 e. The van der Waals surface area contributed by atoms with Crippen LogP contribution in [0.4, 0.5) is 0 Å². The second kappa shape index (κ2) is 6.32. The number of carbonyl (C=O) groups is 1. The van der Waals surface area contributed by atoms with Crippen LogP contribution in [0.15, 0.2) is 54.6 Å². The third kappa shape index (κ3) is 3.78. The molecule has 0 saturated heterocycles. The third-order valence-electron chi connectivity index (χ3n) is 3.01. The Morgan fingerprint density at radius 1 is 1.00 bits per heavy atom. The zero-order valence-corrected chi connectivity index (χ0v) is 10.5. The van der Waals surface area contributed by atoms with Gasteiger partial charge in [0.15, 0.2) is 5.78 Å². The molecule has 0 heterocycles. The first-order valence-electron chi connectivity index (χ1n) is 6.20.